The van der Waals surface area contributed by atoms with E-state index in [2.05, 4.69) is 11.8 Å². The number of likely N-dealkylation sites (tertiary alicyclic amines) is 1. The first-order chi connectivity index (χ1) is 9.20. The lowest BCUT2D eigenvalue weighted by molar-refractivity contribution is 0.0890. The van der Waals surface area contributed by atoms with E-state index in [-0.39, 0.29) is 11.6 Å². The van der Waals surface area contributed by atoms with Crippen LogP contribution >= 0.6 is 0 Å². The molecule has 2 nitrogen and oxygen atoms in total. The fourth-order valence-corrected chi connectivity index (χ4v) is 2.84. The number of hydrogen-bond acceptors (Lipinski definition) is 2. The zero-order valence-electron chi connectivity index (χ0n) is 11.6. The summed E-state index contributed by atoms with van der Waals surface area (Å²) in [6.07, 6.45) is 5.92. The van der Waals surface area contributed by atoms with Gasteiger partial charge in [0.1, 0.15) is 5.82 Å². The molecule has 0 amide bonds. The zero-order chi connectivity index (χ0) is 13.7. The largest absolute Gasteiger partial charge is 0.293 e. The molecule has 1 aromatic rings. The van der Waals surface area contributed by atoms with Crippen LogP contribution in [0.1, 0.15) is 49.4 Å². The maximum absolute atomic E-state index is 13.1. The standard InChI is InChI=1S/C16H22FNO/c1-2-15-9-4-3-5-10-18(15)12-16(19)13-7-6-8-14(17)11-13/h6-8,11,15H,2-5,9-10,12H2,1H3. The van der Waals surface area contributed by atoms with Gasteiger partial charge in [0.05, 0.1) is 6.54 Å². The van der Waals surface area contributed by atoms with Gasteiger partial charge >= 0.3 is 0 Å². The molecule has 1 aliphatic heterocycles. The number of benzene rings is 1. The minimum absolute atomic E-state index is 0.0276. The molecule has 0 radical (unpaired) electrons. The summed E-state index contributed by atoms with van der Waals surface area (Å²) < 4.78 is 13.1. The van der Waals surface area contributed by atoms with Crippen molar-refractivity contribution in [1.29, 1.82) is 0 Å². The van der Waals surface area contributed by atoms with Crippen molar-refractivity contribution >= 4 is 5.78 Å². The van der Waals surface area contributed by atoms with Gasteiger partial charge in [0.25, 0.3) is 0 Å². The van der Waals surface area contributed by atoms with Gasteiger partial charge in [-0.3, -0.25) is 9.69 Å². The molecule has 1 atom stereocenters. The molecule has 19 heavy (non-hydrogen) atoms. The SMILES string of the molecule is CCC1CCCCCN1CC(=O)c1cccc(F)c1. The van der Waals surface area contributed by atoms with Crippen molar-refractivity contribution in [1.82, 2.24) is 4.90 Å². The smallest absolute Gasteiger partial charge is 0.176 e. The minimum Gasteiger partial charge on any atom is -0.293 e. The van der Waals surface area contributed by atoms with Gasteiger partial charge in [0, 0.05) is 11.6 Å². The van der Waals surface area contributed by atoms with Crippen molar-refractivity contribution in [3.63, 3.8) is 0 Å². The number of carbonyl (C=O) groups excluding carboxylic acids is 1. The van der Waals surface area contributed by atoms with Crippen LogP contribution in [-0.2, 0) is 0 Å². The van der Waals surface area contributed by atoms with Crippen LogP contribution in [-0.4, -0.2) is 29.8 Å². The first kappa shape index (κ1) is 14.2. The number of nitrogens with zero attached hydrogens (tertiary/aromatic N) is 1. The molecular formula is C16H22FNO. The summed E-state index contributed by atoms with van der Waals surface area (Å²) in [6, 6.07) is 6.51. The third kappa shape index (κ3) is 3.87. The molecule has 3 heteroatoms. The van der Waals surface area contributed by atoms with Crippen molar-refractivity contribution < 1.29 is 9.18 Å². The Bertz CT molecular complexity index is 433. The van der Waals surface area contributed by atoms with Crippen molar-refractivity contribution in [3.8, 4) is 0 Å². The summed E-state index contributed by atoms with van der Waals surface area (Å²) in [5.74, 6) is -0.311. The van der Waals surface area contributed by atoms with Crippen LogP contribution in [0.5, 0.6) is 0 Å². The van der Waals surface area contributed by atoms with Crippen molar-refractivity contribution in [2.45, 2.75) is 45.1 Å². The second-order valence-corrected chi connectivity index (χ2v) is 5.32. The molecule has 0 saturated carbocycles. The quantitative estimate of drug-likeness (QED) is 0.773. The highest BCUT2D eigenvalue weighted by atomic mass is 19.1. The molecule has 104 valence electrons. The second-order valence-electron chi connectivity index (χ2n) is 5.32. The van der Waals surface area contributed by atoms with Gasteiger partial charge in [0.2, 0.25) is 0 Å². The highest BCUT2D eigenvalue weighted by Crippen LogP contribution is 2.19. The van der Waals surface area contributed by atoms with Crippen LogP contribution < -0.4 is 0 Å². The topological polar surface area (TPSA) is 20.3 Å². The van der Waals surface area contributed by atoms with Gasteiger partial charge in [-0.2, -0.15) is 0 Å². The molecule has 0 aliphatic carbocycles. The van der Waals surface area contributed by atoms with Crippen LogP contribution in [0.15, 0.2) is 24.3 Å². The van der Waals surface area contributed by atoms with Gasteiger partial charge < -0.3 is 0 Å². The Morgan fingerprint density at radius 2 is 2.21 bits per heavy atom. The number of ketones is 1. The Hall–Kier alpha value is -1.22. The van der Waals surface area contributed by atoms with Crippen LogP contribution in [0.2, 0.25) is 0 Å². The van der Waals surface area contributed by atoms with E-state index in [1.165, 1.54) is 31.4 Å². The first-order valence-electron chi connectivity index (χ1n) is 7.23. The Kier molecular flexibility index (Phi) is 5.08. The molecule has 0 bridgehead atoms. The lowest BCUT2D eigenvalue weighted by Gasteiger charge is -2.28. The maximum atomic E-state index is 13.1. The van der Waals surface area contributed by atoms with E-state index >= 15 is 0 Å². The van der Waals surface area contributed by atoms with Crippen LogP contribution in [0.25, 0.3) is 0 Å². The molecule has 1 fully saturated rings. The van der Waals surface area contributed by atoms with Crippen LogP contribution in [0, 0.1) is 5.82 Å². The number of carbonyl (C=O) groups is 1. The molecule has 0 aromatic heterocycles. The highest BCUT2D eigenvalue weighted by Gasteiger charge is 2.22. The average molecular weight is 263 g/mol. The molecule has 0 spiro atoms. The molecule has 1 heterocycles. The van der Waals surface area contributed by atoms with Crippen LogP contribution in [0.4, 0.5) is 4.39 Å². The van der Waals surface area contributed by atoms with E-state index < -0.39 is 0 Å². The van der Waals surface area contributed by atoms with Gasteiger partial charge in [0.15, 0.2) is 5.78 Å². The van der Waals surface area contributed by atoms with E-state index in [1.807, 2.05) is 0 Å². The molecule has 2 rings (SSSR count). The Morgan fingerprint density at radius 1 is 1.37 bits per heavy atom. The number of rotatable bonds is 4. The lowest BCUT2D eigenvalue weighted by Crippen LogP contribution is -2.38. The van der Waals surface area contributed by atoms with E-state index in [0.717, 1.165) is 19.4 Å². The van der Waals surface area contributed by atoms with Gasteiger partial charge in [-0.1, -0.05) is 31.9 Å². The van der Waals surface area contributed by atoms with Gasteiger partial charge in [-0.15, -0.1) is 0 Å². The summed E-state index contributed by atoms with van der Waals surface area (Å²) in [4.78, 5) is 14.5. The Balaban J connectivity index is 2.04. The number of hydrogen-bond donors (Lipinski definition) is 0. The van der Waals surface area contributed by atoms with E-state index in [9.17, 15) is 9.18 Å². The number of halogens is 1. The number of Topliss-reactive ketones (excluding diaryl/α,β-unsaturated/α-hetero) is 1. The first-order valence-corrected chi connectivity index (χ1v) is 7.23. The summed E-state index contributed by atoms with van der Waals surface area (Å²) in [5, 5.41) is 0. The molecule has 1 saturated heterocycles. The van der Waals surface area contributed by atoms with Crippen LogP contribution in [0.3, 0.4) is 0 Å². The monoisotopic (exact) mass is 263 g/mol. The second kappa shape index (κ2) is 6.80. The predicted octanol–water partition coefficient (Wildman–Crippen LogP) is 3.66. The fraction of sp³-hybridized carbons (Fsp3) is 0.562. The summed E-state index contributed by atoms with van der Waals surface area (Å²) in [7, 11) is 0. The highest BCUT2D eigenvalue weighted by molar-refractivity contribution is 5.97. The molecule has 0 N–H and O–H groups in total. The van der Waals surface area contributed by atoms with Gasteiger partial charge in [-0.25, -0.2) is 4.39 Å². The summed E-state index contributed by atoms with van der Waals surface area (Å²) >= 11 is 0. The average Bonchev–Trinajstić information content (AvgIpc) is 2.63. The third-order valence-electron chi connectivity index (χ3n) is 3.96. The normalized spacial score (nSPS) is 21.1. The van der Waals surface area contributed by atoms with E-state index in [4.69, 9.17) is 0 Å². The zero-order valence-corrected chi connectivity index (χ0v) is 11.6. The summed E-state index contributed by atoms with van der Waals surface area (Å²) in [6.45, 7) is 3.58. The molecular weight excluding hydrogens is 241 g/mol. The third-order valence-corrected chi connectivity index (χ3v) is 3.96. The minimum atomic E-state index is -0.339. The predicted molar refractivity (Wildman–Crippen MR) is 74.9 cm³/mol. The maximum Gasteiger partial charge on any atom is 0.176 e. The molecule has 1 aliphatic rings. The molecule has 1 unspecified atom stereocenters. The van der Waals surface area contributed by atoms with E-state index in [1.54, 1.807) is 12.1 Å². The Morgan fingerprint density at radius 3 is 2.95 bits per heavy atom. The van der Waals surface area contributed by atoms with Crippen molar-refractivity contribution in [2.24, 2.45) is 0 Å². The van der Waals surface area contributed by atoms with Gasteiger partial charge in [-0.05, 0) is 37.9 Å². The molecule has 1 aromatic carbocycles. The fourth-order valence-electron chi connectivity index (χ4n) is 2.84. The summed E-state index contributed by atoms with van der Waals surface area (Å²) in [5.41, 5.74) is 0.485. The van der Waals surface area contributed by atoms with E-state index in [0.29, 0.717) is 18.2 Å². The van der Waals surface area contributed by atoms with Crippen molar-refractivity contribution in [3.05, 3.63) is 35.6 Å². The lowest BCUT2D eigenvalue weighted by atomic mass is 10.1. The Labute approximate surface area is 114 Å². The van der Waals surface area contributed by atoms with Crippen molar-refractivity contribution in [2.75, 3.05) is 13.1 Å².